The molecule has 0 amide bonds. The first kappa shape index (κ1) is 9.97. The van der Waals surface area contributed by atoms with Crippen molar-refractivity contribution in [1.82, 2.24) is 4.90 Å². The van der Waals surface area contributed by atoms with E-state index in [0.29, 0.717) is 11.3 Å². The Balaban J connectivity index is 1.93. The van der Waals surface area contributed by atoms with Crippen molar-refractivity contribution < 1.29 is 9.90 Å². The van der Waals surface area contributed by atoms with Crippen LogP contribution in [-0.4, -0.2) is 36.1 Å². The average molecular weight is 197 g/mol. The van der Waals surface area contributed by atoms with Crippen molar-refractivity contribution in [3.05, 3.63) is 0 Å². The van der Waals surface area contributed by atoms with Crippen LogP contribution in [0.5, 0.6) is 0 Å². The number of nitrogens with zero attached hydrogens (tertiary/aromatic N) is 1. The number of carboxylic acids is 1. The van der Waals surface area contributed by atoms with Gasteiger partial charge in [0.1, 0.15) is 0 Å². The minimum Gasteiger partial charge on any atom is -0.481 e. The van der Waals surface area contributed by atoms with E-state index in [-0.39, 0.29) is 5.92 Å². The van der Waals surface area contributed by atoms with Crippen LogP contribution in [0.25, 0.3) is 0 Å². The molecule has 2 aliphatic rings. The molecule has 1 aliphatic heterocycles. The molecule has 2 fully saturated rings. The summed E-state index contributed by atoms with van der Waals surface area (Å²) in [7, 11) is 2.14. The standard InChI is InChI=1S/C11H19NO2/c1-8(10(13)14)9-7-11(9)3-5-12(2)6-4-11/h8-9H,3-7H2,1-2H3,(H,13,14). The van der Waals surface area contributed by atoms with Crippen LogP contribution in [0.2, 0.25) is 0 Å². The van der Waals surface area contributed by atoms with Gasteiger partial charge in [0, 0.05) is 0 Å². The minimum absolute atomic E-state index is 0.140. The lowest BCUT2D eigenvalue weighted by atomic mass is 9.87. The molecule has 2 rings (SSSR count). The fraction of sp³-hybridized carbons (Fsp3) is 0.909. The van der Waals surface area contributed by atoms with Crippen LogP contribution in [0.4, 0.5) is 0 Å². The van der Waals surface area contributed by atoms with Gasteiger partial charge in [0.2, 0.25) is 0 Å². The van der Waals surface area contributed by atoms with E-state index < -0.39 is 5.97 Å². The summed E-state index contributed by atoms with van der Waals surface area (Å²) >= 11 is 0. The Hall–Kier alpha value is -0.570. The Labute approximate surface area is 85.1 Å². The van der Waals surface area contributed by atoms with Gasteiger partial charge in [-0.25, -0.2) is 0 Å². The van der Waals surface area contributed by atoms with E-state index in [1.165, 1.54) is 12.8 Å². The van der Waals surface area contributed by atoms with E-state index >= 15 is 0 Å². The summed E-state index contributed by atoms with van der Waals surface area (Å²) in [5.74, 6) is -0.307. The van der Waals surface area contributed by atoms with Crippen LogP contribution < -0.4 is 0 Å². The van der Waals surface area contributed by atoms with Gasteiger partial charge in [0.25, 0.3) is 0 Å². The van der Waals surface area contributed by atoms with Crippen molar-refractivity contribution >= 4 is 5.97 Å². The number of hydrogen-bond donors (Lipinski definition) is 1. The highest BCUT2D eigenvalue weighted by atomic mass is 16.4. The zero-order chi connectivity index (χ0) is 10.3. The first-order chi connectivity index (χ1) is 6.55. The first-order valence-electron chi connectivity index (χ1n) is 5.46. The summed E-state index contributed by atoms with van der Waals surface area (Å²) in [4.78, 5) is 13.2. The molecule has 1 aliphatic carbocycles. The monoisotopic (exact) mass is 197 g/mol. The van der Waals surface area contributed by atoms with Crippen LogP contribution in [0.15, 0.2) is 0 Å². The summed E-state index contributed by atoms with van der Waals surface area (Å²) in [6.45, 7) is 4.14. The third kappa shape index (κ3) is 1.54. The maximum atomic E-state index is 10.9. The molecule has 80 valence electrons. The number of carbonyl (C=O) groups is 1. The van der Waals surface area contributed by atoms with E-state index in [9.17, 15) is 4.79 Å². The molecule has 3 heteroatoms. The van der Waals surface area contributed by atoms with Gasteiger partial charge in [-0.2, -0.15) is 0 Å². The third-order valence-electron chi connectivity index (χ3n) is 4.23. The second-order valence-corrected chi connectivity index (χ2v) is 5.10. The van der Waals surface area contributed by atoms with Crippen molar-refractivity contribution in [2.45, 2.75) is 26.2 Å². The number of piperidine rings is 1. The average Bonchev–Trinajstić information content (AvgIpc) is 2.84. The van der Waals surface area contributed by atoms with Crippen molar-refractivity contribution in [3.63, 3.8) is 0 Å². The van der Waals surface area contributed by atoms with Gasteiger partial charge in [-0.1, -0.05) is 6.92 Å². The molecule has 0 aromatic carbocycles. The summed E-state index contributed by atoms with van der Waals surface area (Å²) in [5, 5.41) is 8.95. The Morgan fingerprint density at radius 1 is 1.50 bits per heavy atom. The van der Waals surface area contributed by atoms with Crippen molar-refractivity contribution in [2.75, 3.05) is 20.1 Å². The molecular weight excluding hydrogens is 178 g/mol. The first-order valence-corrected chi connectivity index (χ1v) is 5.46. The highest BCUT2D eigenvalue weighted by Gasteiger charge is 2.57. The predicted molar refractivity (Wildman–Crippen MR) is 54.1 cm³/mol. The highest BCUT2D eigenvalue weighted by molar-refractivity contribution is 5.70. The van der Waals surface area contributed by atoms with Crippen LogP contribution in [0.1, 0.15) is 26.2 Å². The summed E-state index contributed by atoms with van der Waals surface area (Å²) in [6.07, 6.45) is 3.55. The Morgan fingerprint density at radius 3 is 2.57 bits per heavy atom. The van der Waals surface area contributed by atoms with E-state index in [0.717, 1.165) is 19.5 Å². The quantitative estimate of drug-likeness (QED) is 0.728. The van der Waals surface area contributed by atoms with E-state index in [4.69, 9.17) is 5.11 Å². The molecule has 1 heterocycles. The largest absolute Gasteiger partial charge is 0.481 e. The number of carboxylic acid groups (broad SMARTS) is 1. The van der Waals surface area contributed by atoms with Crippen LogP contribution in [-0.2, 0) is 4.79 Å². The van der Waals surface area contributed by atoms with Crippen LogP contribution in [0, 0.1) is 17.3 Å². The molecule has 0 radical (unpaired) electrons. The topological polar surface area (TPSA) is 40.5 Å². The van der Waals surface area contributed by atoms with E-state index in [2.05, 4.69) is 11.9 Å². The maximum absolute atomic E-state index is 10.9. The fourth-order valence-corrected chi connectivity index (χ4v) is 2.90. The molecule has 0 bridgehead atoms. The predicted octanol–water partition coefficient (Wildman–Crippen LogP) is 1.44. The zero-order valence-electron chi connectivity index (χ0n) is 8.99. The van der Waals surface area contributed by atoms with Crippen molar-refractivity contribution in [3.8, 4) is 0 Å². The molecule has 14 heavy (non-hydrogen) atoms. The Kier molecular flexibility index (Phi) is 2.30. The summed E-state index contributed by atoms with van der Waals surface area (Å²) in [6, 6.07) is 0. The Bertz CT molecular complexity index is 244. The smallest absolute Gasteiger partial charge is 0.306 e. The Morgan fingerprint density at radius 2 is 2.07 bits per heavy atom. The third-order valence-corrected chi connectivity index (χ3v) is 4.23. The van der Waals surface area contributed by atoms with E-state index in [1.54, 1.807) is 0 Å². The molecule has 2 atom stereocenters. The second-order valence-electron chi connectivity index (χ2n) is 5.10. The van der Waals surface area contributed by atoms with Gasteiger partial charge < -0.3 is 10.0 Å². The summed E-state index contributed by atoms with van der Waals surface area (Å²) in [5.41, 5.74) is 0.407. The van der Waals surface area contributed by atoms with Crippen molar-refractivity contribution in [2.24, 2.45) is 17.3 Å². The lowest BCUT2D eigenvalue weighted by Gasteiger charge is -2.30. The molecule has 0 aromatic rings. The number of hydrogen-bond acceptors (Lipinski definition) is 2. The molecular formula is C11H19NO2. The van der Waals surface area contributed by atoms with Crippen molar-refractivity contribution in [1.29, 1.82) is 0 Å². The van der Waals surface area contributed by atoms with Crippen LogP contribution >= 0.6 is 0 Å². The maximum Gasteiger partial charge on any atom is 0.306 e. The van der Waals surface area contributed by atoms with Gasteiger partial charge in [-0.3, -0.25) is 4.79 Å². The molecule has 1 saturated heterocycles. The minimum atomic E-state index is -0.620. The lowest BCUT2D eigenvalue weighted by Crippen LogP contribution is -2.33. The van der Waals surface area contributed by atoms with Gasteiger partial charge in [-0.15, -0.1) is 0 Å². The van der Waals surface area contributed by atoms with Gasteiger partial charge in [0.05, 0.1) is 5.92 Å². The fourth-order valence-electron chi connectivity index (χ4n) is 2.90. The highest BCUT2D eigenvalue weighted by Crippen LogP contribution is 2.62. The van der Waals surface area contributed by atoms with Gasteiger partial charge in [0.15, 0.2) is 0 Å². The zero-order valence-corrected chi connectivity index (χ0v) is 8.99. The van der Waals surface area contributed by atoms with Gasteiger partial charge >= 0.3 is 5.97 Å². The molecule has 1 spiro atoms. The van der Waals surface area contributed by atoms with E-state index in [1.807, 2.05) is 6.92 Å². The lowest BCUT2D eigenvalue weighted by molar-refractivity contribution is -0.142. The molecule has 2 unspecified atom stereocenters. The molecule has 1 saturated carbocycles. The molecule has 0 aromatic heterocycles. The SMILES string of the molecule is CC(C(=O)O)C1CC12CCN(C)CC2. The normalized spacial score (nSPS) is 32.9. The number of rotatable bonds is 2. The van der Waals surface area contributed by atoms with Gasteiger partial charge in [-0.05, 0) is 50.7 Å². The van der Waals surface area contributed by atoms with Crippen LogP contribution in [0.3, 0.4) is 0 Å². The number of aliphatic carboxylic acids is 1. The second kappa shape index (κ2) is 3.23. The summed E-state index contributed by atoms with van der Waals surface area (Å²) < 4.78 is 0. The molecule has 3 nitrogen and oxygen atoms in total. The molecule has 1 N–H and O–H groups in total. The number of likely N-dealkylation sites (tertiary alicyclic amines) is 1.